The smallest absolute Gasteiger partial charge is 0.293 e. The summed E-state index contributed by atoms with van der Waals surface area (Å²) in [5.41, 5.74) is 0.737. The van der Waals surface area contributed by atoms with E-state index in [-0.39, 0.29) is 11.1 Å². The number of hydrogen-bond donors (Lipinski definition) is 0. The van der Waals surface area contributed by atoms with Crippen LogP contribution in [0.1, 0.15) is 18.9 Å². The lowest BCUT2D eigenvalue weighted by atomic mass is 10.2. The highest BCUT2D eigenvalue weighted by atomic mass is 79.9. The molecule has 2 rings (SSSR count). The molecule has 0 N–H and O–H groups in total. The lowest BCUT2D eigenvalue weighted by Crippen LogP contribution is -2.28. The van der Waals surface area contributed by atoms with Crippen molar-refractivity contribution in [3.8, 4) is 5.75 Å². The molecule has 1 aromatic rings. The Balaban J connectivity index is 2.41. The normalized spacial score (nSPS) is 17.0. The van der Waals surface area contributed by atoms with Crippen molar-refractivity contribution in [2.75, 3.05) is 13.7 Å². The largest absolute Gasteiger partial charge is 0.495 e. The maximum Gasteiger partial charge on any atom is 0.293 e. The first-order valence-electron chi connectivity index (χ1n) is 6.26. The van der Waals surface area contributed by atoms with Gasteiger partial charge in [-0.3, -0.25) is 14.5 Å². The van der Waals surface area contributed by atoms with E-state index in [0.29, 0.717) is 17.2 Å². The van der Waals surface area contributed by atoms with Crippen molar-refractivity contribution in [3.63, 3.8) is 0 Å². The summed E-state index contributed by atoms with van der Waals surface area (Å²) in [5, 5.41) is -0.221. The minimum Gasteiger partial charge on any atom is -0.495 e. The van der Waals surface area contributed by atoms with E-state index in [1.54, 1.807) is 13.2 Å². The molecule has 1 heterocycles. The van der Waals surface area contributed by atoms with Crippen LogP contribution in [-0.2, 0) is 4.79 Å². The van der Waals surface area contributed by atoms with Gasteiger partial charge in [0.1, 0.15) is 5.75 Å². The van der Waals surface area contributed by atoms with Gasteiger partial charge in [0.05, 0.1) is 16.5 Å². The zero-order valence-corrected chi connectivity index (χ0v) is 15.5. The van der Waals surface area contributed by atoms with Gasteiger partial charge in [0.25, 0.3) is 11.1 Å². The van der Waals surface area contributed by atoms with Gasteiger partial charge in [-0.25, -0.2) is 0 Å². The van der Waals surface area contributed by atoms with E-state index in [2.05, 4.69) is 31.9 Å². The van der Waals surface area contributed by atoms with E-state index in [4.69, 9.17) is 4.74 Å². The lowest BCUT2D eigenvalue weighted by Gasteiger charge is -2.10. The molecule has 0 bridgehead atoms. The number of imide groups is 1. The summed E-state index contributed by atoms with van der Waals surface area (Å²) in [6.07, 6.45) is 2.44. The molecule has 0 saturated carbocycles. The Morgan fingerprint density at radius 1 is 1.33 bits per heavy atom. The Morgan fingerprint density at radius 3 is 2.67 bits per heavy atom. The number of thioether (sulfide) groups is 1. The number of halogens is 2. The molecule has 0 radical (unpaired) electrons. The zero-order valence-electron chi connectivity index (χ0n) is 11.5. The summed E-state index contributed by atoms with van der Waals surface area (Å²) in [6.45, 7) is 2.38. The molecule has 0 aliphatic carbocycles. The van der Waals surface area contributed by atoms with Crippen molar-refractivity contribution in [2.24, 2.45) is 0 Å². The SMILES string of the molecule is CCCN1C(=O)S/C(=C/c2cc(Br)cc(Br)c2OC)C1=O. The highest BCUT2D eigenvalue weighted by Gasteiger charge is 2.34. The standard InChI is InChI=1S/C14H13Br2NO3S/c1-3-4-17-13(18)11(21-14(17)19)6-8-5-9(15)7-10(16)12(8)20-2/h5-7H,3-4H2,1-2H3/b11-6+. The quantitative estimate of drug-likeness (QED) is 0.646. The monoisotopic (exact) mass is 433 g/mol. The molecule has 0 aromatic heterocycles. The Morgan fingerprint density at radius 2 is 2.05 bits per heavy atom. The molecular formula is C14H13Br2NO3S. The van der Waals surface area contributed by atoms with Gasteiger partial charge in [0.2, 0.25) is 0 Å². The first-order chi connectivity index (χ1) is 9.97. The minimum atomic E-state index is -0.245. The van der Waals surface area contributed by atoms with Crippen molar-refractivity contribution >= 4 is 60.8 Å². The van der Waals surface area contributed by atoms with Crippen molar-refractivity contribution in [3.05, 3.63) is 31.5 Å². The van der Waals surface area contributed by atoms with Crippen molar-refractivity contribution in [1.29, 1.82) is 0 Å². The third kappa shape index (κ3) is 3.52. The molecule has 1 fully saturated rings. The van der Waals surface area contributed by atoms with Gasteiger partial charge in [-0.2, -0.15) is 0 Å². The fourth-order valence-electron chi connectivity index (χ4n) is 1.96. The maximum atomic E-state index is 12.2. The van der Waals surface area contributed by atoms with E-state index < -0.39 is 0 Å². The number of ether oxygens (including phenoxy) is 1. The van der Waals surface area contributed by atoms with Crippen molar-refractivity contribution < 1.29 is 14.3 Å². The third-order valence-electron chi connectivity index (χ3n) is 2.85. The van der Waals surface area contributed by atoms with Crippen LogP contribution >= 0.6 is 43.6 Å². The average molecular weight is 435 g/mol. The fourth-order valence-corrected chi connectivity index (χ4v) is 4.24. The van der Waals surface area contributed by atoms with Crippen molar-refractivity contribution in [1.82, 2.24) is 4.90 Å². The third-order valence-corrected chi connectivity index (χ3v) is 4.80. The Kier molecular flexibility index (Phi) is 5.51. The van der Waals surface area contributed by atoms with Gasteiger partial charge in [0.15, 0.2) is 0 Å². The van der Waals surface area contributed by atoms with E-state index in [9.17, 15) is 9.59 Å². The Bertz CT molecular complexity index is 631. The Hall–Kier alpha value is -0.790. The number of methoxy groups -OCH3 is 1. The fraction of sp³-hybridized carbons (Fsp3) is 0.286. The molecular weight excluding hydrogens is 422 g/mol. The highest BCUT2D eigenvalue weighted by Crippen LogP contribution is 2.38. The van der Waals surface area contributed by atoms with Gasteiger partial charge < -0.3 is 4.74 Å². The molecule has 1 saturated heterocycles. The lowest BCUT2D eigenvalue weighted by molar-refractivity contribution is -0.122. The second-order valence-electron chi connectivity index (χ2n) is 4.34. The van der Waals surface area contributed by atoms with Gasteiger partial charge in [0, 0.05) is 16.6 Å². The number of benzene rings is 1. The molecule has 2 amide bonds. The summed E-state index contributed by atoms with van der Waals surface area (Å²) in [6, 6.07) is 3.70. The highest BCUT2D eigenvalue weighted by molar-refractivity contribution is 9.11. The number of carbonyl (C=O) groups excluding carboxylic acids is 2. The first-order valence-corrected chi connectivity index (χ1v) is 8.66. The number of rotatable bonds is 4. The molecule has 0 spiro atoms. The number of hydrogen-bond acceptors (Lipinski definition) is 4. The van der Waals surface area contributed by atoms with Crippen LogP contribution in [0, 0.1) is 0 Å². The summed E-state index contributed by atoms with van der Waals surface area (Å²) in [7, 11) is 1.56. The summed E-state index contributed by atoms with van der Waals surface area (Å²) in [4.78, 5) is 25.8. The molecule has 4 nitrogen and oxygen atoms in total. The molecule has 112 valence electrons. The zero-order chi connectivity index (χ0) is 15.6. The van der Waals surface area contributed by atoms with Crippen molar-refractivity contribution in [2.45, 2.75) is 13.3 Å². The van der Waals surface area contributed by atoms with Crippen LogP contribution in [0.2, 0.25) is 0 Å². The molecule has 1 aliphatic heterocycles. The van der Waals surface area contributed by atoms with Crippen LogP contribution in [-0.4, -0.2) is 29.7 Å². The van der Waals surface area contributed by atoms with Crippen LogP contribution in [0.3, 0.4) is 0 Å². The average Bonchev–Trinajstić information content (AvgIpc) is 2.66. The van der Waals surface area contributed by atoms with E-state index >= 15 is 0 Å². The molecule has 0 atom stereocenters. The van der Waals surface area contributed by atoms with Gasteiger partial charge in [-0.15, -0.1) is 0 Å². The second kappa shape index (κ2) is 6.98. The molecule has 7 heteroatoms. The summed E-state index contributed by atoms with van der Waals surface area (Å²) in [5.74, 6) is 0.380. The van der Waals surface area contributed by atoms with Gasteiger partial charge in [-0.05, 0) is 52.3 Å². The van der Waals surface area contributed by atoms with E-state index in [0.717, 1.165) is 32.7 Å². The number of amides is 2. The molecule has 21 heavy (non-hydrogen) atoms. The van der Waals surface area contributed by atoms with Crippen LogP contribution in [0.25, 0.3) is 6.08 Å². The topological polar surface area (TPSA) is 46.6 Å². The van der Waals surface area contributed by atoms with E-state index in [1.165, 1.54) is 4.90 Å². The van der Waals surface area contributed by atoms with E-state index in [1.807, 2.05) is 19.1 Å². The Labute approximate surface area is 144 Å². The maximum absolute atomic E-state index is 12.2. The minimum absolute atomic E-state index is 0.221. The summed E-state index contributed by atoms with van der Waals surface area (Å²) < 4.78 is 6.98. The molecule has 1 aliphatic rings. The molecule has 0 unspecified atom stereocenters. The van der Waals surface area contributed by atoms with Crippen LogP contribution < -0.4 is 4.74 Å². The van der Waals surface area contributed by atoms with Crippen LogP contribution in [0.4, 0.5) is 4.79 Å². The number of nitrogens with zero attached hydrogens (tertiary/aromatic N) is 1. The first kappa shape index (κ1) is 16.6. The molecule has 1 aromatic carbocycles. The predicted molar refractivity (Wildman–Crippen MR) is 91.4 cm³/mol. The van der Waals surface area contributed by atoms with Gasteiger partial charge in [-0.1, -0.05) is 22.9 Å². The summed E-state index contributed by atoms with van der Waals surface area (Å²) >= 11 is 7.78. The van der Waals surface area contributed by atoms with Crippen LogP contribution in [0.15, 0.2) is 26.0 Å². The predicted octanol–water partition coefficient (Wildman–Crippen LogP) is 4.67. The second-order valence-corrected chi connectivity index (χ2v) is 7.11. The van der Waals surface area contributed by atoms with Gasteiger partial charge >= 0.3 is 0 Å². The van der Waals surface area contributed by atoms with Crippen LogP contribution in [0.5, 0.6) is 5.75 Å². The number of carbonyl (C=O) groups is 2.